The van der Waals surface area contributed by atoms with E-state index in [-0.39, 0.29) is 18.0 Å². The molecule has 0 spiro atoms. The topological polar surface area (TPSA) is 41.1 Å². The summed E-state index contributed by atoms with van der Waals surface area (Å²) in [5.74, 6) is 0.0117. The summed E-state index contributed by atoms with van der Waals surface area (Å²) in [4.78, 5) is 12.0. The maximum Gasteiger partial charge on any atom is 0.242 e. The van der Waals surface area contributed by atoms with E-state index in [1.54, 1.807) is 0 Å². The van der Waals surface area contributed by atoms with Gasteiger partial charge in [0, 0.05) is 16.8 Å². The van der Waals surface area contributed by atoms with E-state index in [0.29, 0.717) is 5.02 Å². The SMILES string of the molecule is CCCC(C)NC(=O)C(C)Nc1ccc(C)c(Cl)c1. The number of carbonyl (C=O) groups is 1. The van der Waals surface area contributed by atoms with Crippen LogP contribution in [0.1, 0.15) is 39.2 Å². The van der Waals surface area contributed by atoms with E-state index in [1.165, 1.54) is 0 Å². The van der Waals surface area contributed by atoms with Crippen LogP contribution in [-0.4, -0.2) is 18.0 Å². The van der Waals surface area contributed by atoms with Gasteiger partial charge >= 0.3 is 0 Å². The van der Waals surface area contributed by atoms with Crippen molar-refractivity contribution in [2.45, 2.75) is 52.6 Å². The van der Waals surface area contributed by atoms with Crippen LogP contribution in [0, 0.1) is 6.92 Å². The molecular weight excluding hydrogens is 260 g/mol. The smallest absolute Gasteiger partial charge is 0.242 e. The van der Waals surface area contributed by atoms with Gasteiger partial charge in [-0.25, -0.2) is 0 Å². The van der Waals surface area contributed by atoms with E-state index in [1.807, 2.05) is 39.0 Å². The molecule has 0 bridgehead atoms. The normalized spacial score (nSPS) is 13.7. The molecule has 0 saturated heterocycles. The largest absolute Gasteiger partial charge is 0.374 e. The quantitative estimate of drug-likeness (QED) is 0.834. The molecule has 2 unspecified atom stereocenters. The predicted molar refractivity (Wildman–Crippen MR) is 81.8 cm³/mol. The van der Waals surface area contributed by atoms with Gasteiger partial charge in [0.15, 0.2) is 0 Å². The molecule has 1 amide bonds. The summed E-state index contributed by atoms with van der Waals surface area (Å²) < 4.78 is 0. The van der Waals surface area contributed by atoms with Gasteiger partial charge in [0.2, 0.25) is 5.91 Å². The zero-order chi connectivity index (χ0) is 14.4. The van der Waals surface area contributed by atoms with Crippen LogP contribution in [0.2, 0.25) is 5.02 Å². The lowest BCUT2D eigenvalue weighted by molar-refractivity contribution is -0.122. The average Bonchev–Trinajstić information content (AvgIpc) is 2.34. The van der Waals surface area contributed by atoms with Crippen molar-refractivity contribution < 1.29 is 4.79 Å². The van der Waals surface area contributed by atoms with Crippen LogP contribution in [-0.2, 0) is 4.79 Å². The van der Waals surface area contributed by atoms with Gasteiger partial charge in [-0.1, -0.05) is 31.0 Å². The Morgan fingerprint density at radius 3 is 2.63 bits per heavy atom. The number of amides is 1. The number of anilines is 1. The minimum Gasteiger partial charge on any atom is -0.374 e. The number of halogens is 1. The number of hydrogen-bond donors (Lipinski definition) is 2. The highest BCUT2D eigenvalue weighted by atomic mass is 35.5. The average molecular weight is 283 g/mol. The Hall–Kier alpha value is -1.22. The minimum absolute atomic E-state index is 0.0117. The second-order valence-corrected chi connectivity index (χ2v) is 5.44. The Morgan fingerprint density at radius 2 is 2.05 bits per heavy atom. The number of nitrogens with one attached hydrogen (secondary N) is 2. The molecule has 19 heavy (non-hydrogen) atoms. The first-order valence-corrected chi connectivity index (χ1v) is 7.15. The van der Waals surface area contributed by atoms with E-state index in [0.717, 1.165) is 24.1 Å². The molecule has 0 heterocycles. The van der Waals surface area contributed by atoms with E-state index >= 15 is 0 Å². The summed E-state index contributed by atoms with van der Waals surface area (Å²) >= 11 is 6.06. The zero-order valence-corrected chi connectivity index (χ0v) is 12.8. The third kappa shape index (κ3) is 5.11. The van der Waals surface area contributed by atoms with Crippen LogP contribution in [0.3, 0.4) is 0 Å². The fourth-order valence-corrected chi connectivity index (χ4v) is 2.05. The molecule has 0 aliphatic carbocycles. The maximum absolute atomic E-state index is 12.0. The number of rotatable bonds is 6. The van der Waals surface area contributed by atoms with Gasteiger partial charge in [0.25, 0.3) is 0 Å². The van der Waals surface area contributed by atoms with Crippen molar-refractivity contribution >= 4 is 23.2 Å². The highest BCUT2D eigenvalue weighted by Crippen LogP contribution is 2.20. The molecule has 1 aromatic carbocycles. The van der Waals surface area contributed by atoms with Gasteiger partial charge in [-0.2, -0.15) is 0 Å². The second-order valence-electron chi connectivity index (χ2n) is 5.03. The molecule has 0 aliphatic heterocycles. The molecule has 0 saturated carbocycles. The number of aryl methyl sites for hydroxylation is 1. The van der Waals surface area contributed by atoms with Gasteiger partial charge in [0.1, 0.15) is 6.04 Å². The molecule has 0 aliphatic rings. The molecule has 0 fully saturated rings. The van der Waals surface area contributed by atoms with Gasteiger partial charge in [-0.15, -0.1) is 0 Å². The Balaban J connectivity index is 2.56. The molecule has 2 N–H and O–H groups in total. The Bertz CT molecular complexity index is 434. The number of carbonyl (C=O) groups excluding carboxylic acids is 1. The number of hydrogen-bond acceptors (Lipinski definition) is 2. The highest BCUT2D eigenvalue weighted by Gasteiger charge is 2.14. The summed E-state index contributed by atoms with van der Waals surface area (Å²) in [5.41, 5.74) is 1.89. The molecule has 3 nitrogen and oxygen atoms in total. The van der Waals surface area contributed by atoms with Crippen LogP contribution in [0.25, 0.3) is 0 Å². The van der Waals surface area contributed by atoms with Gasteiger partial charge in [0.05, 0.1) is 0 Å². The Labute approximate surface area is 120 Å². The first kappa shape index (κ1) is 15.8. The first-order chi connectivity index (χ1) is 8.93. The third-order valence-electron chi connectivity index (χ3n) is 3.06. The van der Waals surface area contributed by atoms with Gasteiger partial charge in [-0.3, -0.25) is 4.79 Å². The fourth-order valence-electron chi connectivity index (χ4n) is 1.87. The van der Waals surface area contributed by atoms with Crippen molar-refractivity contribution in [2.75, 3.05) is 5.32 Å². The molecule has 106 valence electrons. The first-order valence-electron chi connectivity index (χ1n) is 6.77. The third-order valence-corrected chi connectivity index (χ3v) is 3.47. The van der Waals surface area contributed by atoms with Crippen molar-refractivity contribution in [1.82, 2.24) is 5.32 Å². The predicted octanol–water partition coefficient (Wildman–Crippen LogP) is 3.75. The summed E-state index contributed by atoms with van der Waals surface area (Å²) in [6.07, 6.45) is 2.06. The minimum atomic E-state index is -0.280. The Kier molecular flexibility index (Phi) is 6.16. The van der Waals surface area contributed by atoms with Crippen LogP contribution in [0.15, 0.2) is 18.2 Å². The summed E-state index contributed by atoms with van der Waals surface area (Å²) in [5, 5.41) is 6.86. The lowest BCUT2D eigenvalue weighted by atomic mass is 10.1. The summed E-state index contributed by atoms with van der Waals surface area (Å²) in [6, 6.07) is 5.65. The second kappa shape index (κ2) is 7.39. The molecule has 2 atom stereocenters. The van der Waals surface area contributed by atoms with Crippen LogP contribution in [0.5, 0.6) is 0 Å². The fraction of sp³-hybridized carbons (Fsp3) is 0.533. The molecule has 4 heteroatoms. The summed E-state index contributed by atoms with van der Waals surface area (Å²) in [7, 11) is 0. The standard InChI is InChI=1S/C15H23ClN2O/c1-5-6-11(3)17-15(19)12(4)18-13-8-7-10(2)14(16)9-13/h7-9,11-12,18H,5-6H2,1-4H3,(H,17,19). The van der Waals surface area contributed by atoms with Crippen molar-refractivity contribution in [3.8, 4) is 0 Å². The molecule has 1 rings (SSSR count). The molecular formula is C15H23ClN2O. The molecule has 1 aromatic rings. The maximum atomic E-state index is 12.0. The molecule has 0 aromatic heterocycles. The van der Waals surface area contributed by atoms with Crippen LogP contribution < -0.4 is 10.6 Å². The van der Waals surface area contributed by atoms with Crippen molar-refractivity contribution in [1.29, 1.82) is 0 Å². The summed E-state index contributed by atoms with van der Waals surface area (Å²) in [6.45, 7) is 7.94. The van der Waals surface area contributed by atoms with E-state index in [9.17, 15) is 4.79 Å². The van der Waals surface area contributed by atoms with E-state index in [4.69, 9.17) is 11.6 Å². The zero-order valence-electron chi connectivity index (χ0n) is 12.1. The van der Waals surface area contributed by atoms with E-state index < -0.39 is 0 Å². The Morgan fingerprint density at radius 1 is 1.37 bits per heavy atom. The van der Waals surface area contributed by atoms with Gasteiger partial charge < -0.3 is 10.6 Å². The van der Waals surface area contributed by atoms with Crippen molar-refractivity contribution in [3.05, 3.63) is 28.8 Å². The molecule has 0 radical (unpaired) electrons. The lowest BCUT2D eigenvalue weighted by Gasteiger charge is -2.19. The van der Waals surface area contributed by atoms with Crippen molar-refractivity contribution in [3.63, 3.8) is 0 Å². The van der Waals surface area contributed by atoms with Gasteiger partial charge in [-0.05, 0) is 44.9 Å². The monoisotopic (exact) mass is 282 g/mol. The van der Waals surface area contributed by atoms with E-state index in [2.05, 4.69) is 17.6 Å². The van der Waals surface area contributed by atoms with Crippen molar-refractivity contribution in [2.24, 2.45) is 0 Å². The highest BCUT2D eigenvalue weighted by molar-refractivity contribution is 6.31. The number of benzene rings is 1. The lowest BCUT2D eigenvalue weighted by Crippen LogP contribution is -2.42. The van der Waals surface area contributed by atoms with Crippen LogP contribution in [0.4, 0.5) is 5.69 Å². The van der Waals surface area contributed by atoms with Crippen LogP contribution >= 0.6 is 11.6 Å².